The summed E-state index contributed by atoms with van der Waals surface area (Å²) in [7, 11) is 1.60. The number of hydrogen-bond donors (Lipinski definition) is 2. The Hall–Kier alpha value is -2.61. The number of carbonyl (C=O) groups is 3. The number of ether oxygens (including phenoxy) is 1. The quantitative estimate of drug-likeness (QED) is 0.782. The molecule has 8 nitrogen and oxygen atoms in total. The van der Waals surface area contributed by atoms with Gasteiger partial charge in [-0.2, -0.15) is 0 Å². The van der Waals surface area contributed by atoms with Gasteiger partial charge >= 0.3 is 11.9 Å². The summed E-state index contributed by atoms with van der Waals surface area (Å²) < 4.78 is 5.26. The molecule has 0 radical (unpaired) electrons. The van der Waals surface area contributed by atoms with E-state index < -0.39 is 11.9 Å². The Balaban J connectivity index is 0.000000450. The third-order valence-corrected chi connectivity index (χ3v) is 3.85. The van der Waals surface area contributed by atoms with Gasteiger partial charge in [0.2, 0.25) is 0 Å². The second-order valence-corrected chi connectivity index (χ2v) is 5.73. The van der Waals surface area contributed by atoms with Crippen LogP contribution in [-0.2, 0) is 9.59 Å². The van der Waals surface area contributed by atoms with Crippen LogP contribution in [0.4, 0.5) is 0 Å². The second kappa shape index (κ2) is 9.63. The minimum absolute atomic E-state index is 0.0702. The number of benzene rings is 1. The number of nitrogens with zero attached hydrogens (tertiary/aromatic N) is 2. The first-order valence-corrected chi connectivity index (χ1v) is 7.90. The molecule has 1 aliphatic heterocycles. The summed E-state index contributed by atoms with van der Waals surface area (Å²) in [6.07, 6.45) is 0. The van der Waals surface area contributed by atoms with Crippen molar-refractivity contribution in [3.63, 3.8) is 0 Å². The molecule has 1 heterocycles. The van der Waals surface area contributed by atoms with E-state index >= 15 is 0 Å². The van der Waals surface area contributed by atoms with Crippen molar-refractivity contribution in [2.75, 3.05) is 33.3 Å². The molecule has 0 bridgehead atoms. The summed E-state index contributed by atoms with van der Waals surface area (Å²) >= 11 is 0. The lowest BCUT2D eigenvalue weighted by Crippen LogP contribution is -2.50. The van der Waals surface area contributed by atoms with E-state index in [4.69, 9.17) is 24.5 Å². The van der Waals surface area contributed by atoms with E-state index in [1.807, 2.05) is 29.2 Å². The Morgan fingerprint density at radius 3 is 1.96 bits per heavy atom. The third kappa shape index (κ3) is 6.07. The molecule has 0 aromatic heterocycles. The Morgan fingerprint density at radius 2 is 1.52 bits per heavy atom. The number of rotatable bonds is 3. The van der Waals surface area contributed by atoms with Crippen molar-refractivity contribution in [1.82, 2.24) is 9.80 Å². The smallest absolute Gasteiger partial charge is 0.414 e. The SMILES string of the molecule is COc1ccccc1C(=O)N1CCN(C(C)C)CC1.O=C(O)C(=O)O. The van der Waals surface area contributed by atoms with Crippen LogP contribution in [0, 0.1) is 0 Å². The predicted octanol–water partition coefficient (Wildman–Crippen LogP) is 1.02. The van der Waals surface area contributed by atoms with Gasteiger partial charge in [0.05, 0.1) is 12.7 Å². The molecule has 0 atom stereocenters. The number of amides is 1. The zero-order valence-electron chi connectivity index (χ0n) is 14.6. The third-order valence-electron chi connectivity index (χ3n) is 3.85. The van der Waals surface area contributed by atoms with Gasteiger partial charge in [0.25, 0.3) is 5.91 Å². The maximum Gasteiger partial charge on any atom is 0.414 e. The Morgan fingerprint density at radius 1 is 1.00 bits per heavy atom. The zero-order valence-corrected chi connectivity index (χ0v) is 14.6. The first kappa shape index (κ1) is 20.4. The normalized spacial score (nSPS) is 14.5. The minimum atomic E-state index is -1.82. The number of hydrogen-bond acceptors (Lipinski definition) is 5. The number of piperazine rings is 1. The molecule has 1 saturated heterocycles. The molecule has 1 aromatic carbocycles. The van der Waals surface area contributed by atoms with Crippen LogP contribution in [-0.4, -0.2) is 77.2 Å². The van der Waals surface area contributed by atoms with Crippen molar-refractivity contribution in [3.8, 4) is 5.75 Å². The molecule has 0 aliphatic carbocycles. The van der Waals surface area contributed by atoms with Crippen LogP contribution in [0.25, 0.3) is 0 Å². The molecular weight excluding hydrogens is 328 g/mol. The van der Waals surface area contributed by atoms with E-state index in [2.05, 4.69) is 18.7 Å². The van der Waals surface area contributed by atoms with Crippen molar-refractivity contribution in [2.45, 2.75) is 19.9 Å². The number of carboxylic acid groups (broad SMARTS) is 2. The lowest BCUT2D eigenvalue weighted by Gasteiger charge is -2.37. The highest BCUT2D eigenvalue weighted by Crippen LogP contribution is 2.20. The molecule has 138 valence electrons. The van der Waals surface area contributed by atoms with Crippen LogP contribution in [0.5, 0.6) is 5.75 Å². The van der Waals surface area contributed by atoms with Gasteiger partial charge in [-0.05, 0) is 26.0 Å². The van der Waals surface area contributed by atoms with Crippen molar-refractivity contribution in [3.05, 3.63) is 29.8 Å². The van der Waals surface area contributed by atoms with E-state index in [1.54, 1.807) is 7.11 Å². The molecule has 2 N–H and O–H groups in total. The highest BCUT2D eigenvalue weighted by atomic mass is 16.5. The Kier molecular flexibility index (Phi) is 7.87. The van der Waals surface area contributed by atoms with E-state index in [1.165, 1.54) is 0 Å². The van der Waals surface area contributed by atoms with Gasteiger partial charge in [-0.3, -0.25) is 9.69 Å². The molecule has 2 rings (SSSR count). The molecule has 8 heteroatoms. The molecule has 25 heavy (non-hydrogen) atoms. The fraction of sp³-hybridized carbons (Fsp3) is 0.471. The number of aliphatic carboxylic acids is 2. The fourth-order valence-electron chi connectivity index (χ4n) is 2.43. The van der Waals surface area contributed by atoms with Crippen molar-refractivity contribution >= 4 is 17.8 Å². The van der Waals surface area contributed by atoms with Gasteiger partial charge in [0, 0.05) is 32.2 Å². The molecule has 0 unspecified atom stereocenters. The summed E-state index contributed by atoms with van der Waals surface area (Å²) in [6.45, 7) is 7.84. The molecular formula is C17H24N2O6. The molecule has 0 spiro atoms. The molecule has 1 amide bonds. The average Bonchev–Trinajstić information content (AvgIpc) is 2.61. The second-order valence-electron chi connectivity index (χ2n) is 5.73. The summed E-state index contributed by atoms with van der Waals surface area (Å²) in [5.41, 5.74) is 0.656. The molecule has 1 aliphatic rings. The predicted molar refractivity (Wildman–Crippen MR) is 90.9 cm³/mol. The standard InChI is InChI=1S/C15H22N2O2.C2H2O4/c1-12(2)16-8-10-17(11-9-16)15(18)13-6-4-5-7-14(13)19-3;3-1(4)2(5)6/h4-7,12H,8-11H2,1-3H3;(H,3,4)(H,5,6). The summed E-state index contributed by atoms with van der Waals surface area (Å²) in [6, 6.07) is 7.96. The van der Waals surface area contributed by atoms with Crippen molar-refractivity contribution in [2.24, 2.45) is 0 Å². The zero-order chi connectivity index (χ0) is 19.0. The molecule has 1 fully saturated rings. The van der Waals surface area contributed by atoms with E-state index in [-0.39, 0.29) is 5.91 Å². The van der Waals surface area contributed by atoms with Gasteiger partial charge in [-0.25, -0.2) is 9.59 Å². The van der Waals surface area contributed by atoms with Crippen LogP contribution in [0.2, 0.25) is 0 Å². The average molecular weight is 352 g/mol. The number of para-hydroxylation sites is 1. The first-order chi connectivity index (χ1) is 11.8. The van der Waals surface area contributed by atoms with E-state index in [9.17, 15) is 4.79 Å². The summed E-state index contributed by atoms with van der Waals surface area (Å²) in [4.78, 5) is 35.0. The maximum absolute atomic E-state index is 12.5. The highest BCUT2D eigenvalue weighted by Gasteiger charge is 2.24. The van der Waals surface area contributed by atoms with Crippen LogP contribution in [0.3, 0.4) is 0 Å². The van der Waals surface area contributed by atoms with Gasteiger partial charge in [-0.15, -0.1) is 0 Å². The highest BCUT2D eigenvalue weighted by molar-refractivity contribution is 6.27. The lowest BCUT2D eigenvalue weighted by molar-refractivity contribution is -0.159. The summed E-state index contributed by atoms with van der Waals surface area (Å²) in [5, 5.41) is 14.8. The van der Waals surface area contributed by atoms with Gasteiger partial charge in [-0.1, -0.05) is 12.1 Å². The first-order valence-electron chi connectivity index (χ1n) is 7.90. The topological polar surface area (TPSA) is 107 Å². The molecule has 1 aromatic rings. The van der Waals surface area contributed by atoms with Crippen molar-refractivity contribution in [1.29, 1.82) is 0 Å². The lowest BCUT2D eigenvalue weighted by atomic mass is 10.1. The van der Waals surface area contributed by atoms with E-state index in [0.29, 0.717) is 17.4 Å². The molecule has 0 saturated carbocycles. The Bertz CT molecular complexity index is 597. The number of carbonyl (C=O) groups excluding carboxylic acids is 1. The Labute approximate surface area is 146 Å². The monoisotopic (exact) mass is 352 g/mol. The van der Waals surface area contributed by atoms with Crippen LogP contribution in [0.15, 0.2) is 24.3 Å². The maximum atomic E-state index is 12.5. The van der Waals surface area contributed by atoms with Gasteiger partial charge in [0.1, 0.15) is 5.75 Å². The van der Waals surface area contributed by atoms with Crippen LogP contribution in [0.1, 0.15) is 24.2 Å². The largest absolute Gasteiger partial charge is 0.496 e. The van der Waals surface area contributed by atoms with Crippen LogP contribution < -0.4 is 4.74 Å². The minimum Gasteiger partial charge on any atom is -0.496 e. The van der Waals surface area contributed by atoms with Crippen LogP contribution >= 0.6 is 0 Å². The van der Waals surface area contributed by atoms with E-state index in [0.717, 1.165) is 26.2 Å². The fourth-order valence-corrected chi connectivity index (χ4v) is 2.43. The van der Waals surface area contributed by atoms with Crippen molar-refractivity contribution < 1.29 is 29.3 Å². The summed E-state index contributed by atoms with van der Waals surface area (Å²) in [5.74, 6) is -2.93. The van der Waals surface area contributed by atoms with Gasteiger partial charge in [0.15, 0.2) is 0 Å². The number of carboxylic acids is 2. The van der Waals surface area contributed by atoms with Gasteiger partial charge < -0.3 is 19.8 Å². The number of methoxy groups -OCH3 is 1.